The fraction of sp³-hybridized carbons (Fsp3) is 0.130. The molecule has 0 aromatic heterocycles. The van der Waals surface area contributed by atoms with E-state index < -0.39 is 0 Å². The maximum atomic E-state index is 12.1. The van der Waals surface area contributed by atoms with Crippen molar-refractivity contribution in [1.29, 1.82) is 0 Å². The van der Waals surface area contributed by atoms with Gasteiger partial charge in [0, 0.05) is 15.6 Å². The van der Waals surface area contributed by atoms with Crippen molar-refractivity contribution in [2.24, 2.45) is 5.10 Å². The third-order valence-corrected chi connectivity index (χ3v) is 5.68. The quantitative estimate of drug-likeness (QED) is 0.210. The van der Waals surface area contributed by atoms with Crippen LogP contribution in [0.1, 0.15) is 16.7 Å². The van der Waals surface area contributed by atoms with Crippen molar-refractivity contribution in [3.8, 4) is 11.5 Å². The Morgan fingerprint density at radius 1 is 1.13 bits per heavy atom. The maximum Gasteiger partial charge on any atom is 0.244 e. The molecule has 0 saturated carbocycles. The predicted octanol–water partition coefficient (Wildman–Crippen LogP) is 5.88. The topological polar surface area (TPSA) is 59.9 Å². The summed E-state index contributed by atoms with van der Waals surface area (Å²) in [6, 6.07) is 18.3. The summed E-state index contributed by atoms with van der Waals surface area (Å²) in [6.45, 7) is 0.320. The van der Waals surface area contributed by atoms with Crippen LogP contribution in [0.5, 0.6) is 11.5 Å². The van der Waals surface area contributed by atoms with Crippen molar-refractivity contribution in [3.63, 3.8) is 0 Å². The van der Waals surface area contributed by atoms with E-state index in [2.05, 4.69) is 33.1 Å². The van der Waals surface area contributed by atoms with Crippen LogP contribution in [0.4, 0.5) is 0 Å². The van der Waals surface area contributed by atoms with Crippen molar-refractivity contribution in [2.45, 2.75) is 13.0 Å². The van der Waals surface area contributed by atoms with Crippen molar-refractivity contribution in [3.05, 3.63) is 91.0 Å². The minimum Gasteiger partial charge on any atom is -0.493 e. The minimum atomic E-state index is -0.222. The summed E-state index contributed by atoms with van der Waals surface area (Å²) < 4.78 is 12.3. The summed E-state index contributed by atoms with van der Waals surface area (Å²) in [5, 5.41) is 5.32. The Kier molecular flexibility index (Phi) is 8.57. The Labute approximate surface area is 204 Å². The van der Waals surface area contributed by atoms with Crippen LogP contribution in [-0.2, 0) is 17.8 Å². The van der Waals surface area contributed by atoms with Crippen LogP contribution in [0.3, 0.4) is 0 Å². The molecule has 160 valence electrons. The molecule has 0 aliphatic carbocycles. The van der Waals surface area contributed by atoms with Crippen LogP contribution in [-0.4, -0.2) is 19.2 Å². The number of amides is 1. The van der Waals surface area contributed by atoms with Crippen molar-refractivity contribution < 1.29 is 14.3 Å². The number of methoxy groups -OCH3 is 1. The average molecular weight is 569 g/mol. The van der Waals surface area contributed by atoms with E-state index in [9.17, 15) is 4.79 Å². The predicted molar refractivity (Wildman–Crippen MR) is 132 cm³/mol. The van der Waals surface area contributed by atoms with Gasteiger partial charge in [-0.1, -0.05) is 53.5 Å². The molecule has 8 heteroatoms. The largest absolute Gasteiger partial charge is 0.493 e. The molecule has 0 radical (unpaired) electrons. The monoisotopic (exact) mass is 568 g/mol. The van der Waals surface area contributed by atoms with E-state index >= 15 is 0 Å². The Morgan fingerprint density at radius 2 is 1.87 bits per heavy atom. The first kappa shape index (κ1) is 23.4. The molecule has 5 nitrogen and oxygen atoms in total. The lowest BCUT2D eigenvalue weighted by Gasteiger charge is -2.14. The number of hydrogen-bond donors (Lipinski definition) is 1. The van der Waals surface area contributed by atoms with Crippen LogP contribution in [0.2, 0.25) is 10.0 Å². The Morgan fingerprint density at radius 3 is 2.58 bits per heavy atom. The molecule has 0 atom stereocenters. The van der Waals surface area contributed by atoms with Gasteiger partial charge in [0.25, 0.3) is 0 Å². The van der Waals surface area contributed by atoms with Gasteiger partial charge in [-0.25, -0.2) is 5.43 Å². The van der Waals surface area contributed by atoms with Gasteiger partial charge in [0.05, 0.1) is 23.3 Å². The van der Waals surface area contributed by atoms with E-state index in [4.69, 9.17) is 32.7 Å². The Bertz CT molecular complexity index is 1090. The number of hydrazone groups is 1. The number of carbonyl (C=O) groups is 1. The number of halogens is 3. The highest BCUT2D eigenvalue weighted by Gasteiger charge is 2.12. The zero-order valence-corrected chi connectivity index (χ0v) is 20.2. The second-order valence-corrected chi connectivity index (χ2v) is 8.52. The van der Waals surface area contributed by atoms with Crippen LogP contribution < -0.4 is 14.9 Å². The zero-order chi connectivity index (χ0) is 22.2. The summed E-state index contributed by atoms with van der Waals surface area (Å²) in [5.41, 5.74) is 5.03. The lowest BCUT2D eigenvalue weighted by molar-refractivity contribution is -0.120. The summed E-state index contributed by atoms with van der Waals surface area (Å²) in [4.78, 5) is 12.1. The molecule has 1 N–H and O–H groups in total. The highest BCUT2D eigenvalue weighted by molar-refractivity contribution is 14.1. The first-order valence-corrected chi connectivity index (χ1v) is 11.1. The van der Waals surface area contributed by atoms with Crippen molar-refractivity contribution in [1.82, 2.24) is 5.43 Å². The van der Waals surface area contributed by atoms with Crippen LogP contribution in [0.15, 0.2) is 65.8 Å². The van der Waals surface area contributed by atoms with Crippen LogP contribution in [0, 0.1) is 3.57 Å². The van der Waals surface area contributed by atoms with Gasteiger partial charge in [-0.2, -0.15) is 5.10 Å². The Balaban J connectivity index is 1.64. The van der Waals surface area contributed by atoms with Crippen LogP contribution in [0.25, 0.3) is 0 Å². The van der Waals surface area contributed by atoms with Gasteiger partial charge >= 0.3 is 0 Å². The number of benzene rings is 3. The number of ether oxygens (including phenoxy) is 2. The molecule has 0 fully saturated rings. The lowest BCUT2D eigenvalue weighted by atomic mass is 10.1. The molecule has 3 rings (SSSR count). The first-order chi connectivity index (χ1) is 15.0. The second kappa shape index (κ2) is 11.4. The molecule has 3 aromatic rings. The minimum absolute atomic E-state index is 0.212. The molecular formula is C23H19Cl2IN2O3. The molecule has 0 aliphatic rings. The first-order valence-electron chi connectivity index (χ1n) is 9.26. The Hall–Kier alpha value is -2.29. The number of rotatable bonds is 8. The van der Waals surface area contributed by atoms with Crippen molar-refractivity contribution in [2.75, 3.05) is 7.11 Å². The third-order valence-electron chi connectivity index (χ3n) is 4.26. The molecule has 3 aromatic carbocycles. The summed E-state index contributed by atoms with van der Waals surface area (Å²) in [6.07, 6.45) is 1.77. The average Bonchev–Trinajstić information content (AvgIpc) is 2.75. The fourth-order valence-corrected chi connectivity index (χ4v) is 3.82. The van der Waals surface area contributed by atoms with Gasteiger partial charge in [-0.05, 0) is 64.0 Å². The number of nitrogens with zero attached hydrogens (tertiary/aromatic N) is 1. The van der Waals surface area contributed by atoms with Gasteiger partial charge in [0.15, 0.2) is 11.5 Å². The van der Waals surface area contributed by atoms with E-state index in [-0.39, 0.29) is 12.3 Å². The van der Waals surface area contributed by atoms with Gasteiger partial charge in [-0.3, -0.25) is 4.79 Å². The van der Waals surface area contributed by atoms with E-state index in [1.54, 1.807) is 43.7 Å². The van der Waals surface area contributed by atoms with E-state index in [0.717, 1.165) is 20.3 Å². The van der Waals surface area contributed by atoms with Gasteiger partial charge < -0.3 is 9.47 Å². The SMILES string of the molecule is COc1cc(/C=N\NC(=O)Cc2ccc(Cl)cc2)cc(I)c1OCc1ccccc1Cl. The molecule has 0 unspecified atom stereocenters. The maximum absolute atomic E-state index is 12.1. The summed E-state index contributed by atoms with van der Waals surface area (Å²) >= 11 is 14.2. The normalized spacial score (nSPS) is 10.8. The highest BCUT2D eigenvalue weighted by Crippen LogP contribution is 2.34. The molecule has 1 amide bonds. The van der Waals surface area contributed by atoms with Gasteiger partial charge in [0.1, 0.15) is 6.61 Å². The molecule has 0 aliphatic heterocycles. The zero-order valence-electron chi connectivity index (χ0n) is 16.6. The summed E-state index contributed by atoms with van der Waals surface area (Å²) in [5.74, 6) is 0.958. The number of hydrogen-bond acceptors (Lipinski definition) is 4. The number of nitrogens with one attached hydrogen (secondary N) is 1. The smallest absolute Gasteiger partial charge is 0.244 e. The summed E-state index contributed by atoms with van der Waals surface area (Å²) in [7, 11) is 1.57. The standard InChI is InChI=1S/C23H19Cl2IN2O3/c1-30-21-11-16(13-27-28-22(29)12-15-6-8-18(24)9-7-15)10-20(26)23(21)31-14-17-4-2-3-5-19(17)25/h2-11,13H,12,14H2,1H3,(H,28,29)/b27-13-. The molecule has 0 heterocycles. The lowest BCUT2D eigenvalue weighted by Crippen LogP contribution is -2.19. The molecule has 31 heavy (non-hydrogen) atoms. The fourth-order valence-electron chi connectivity index (χ4n) is 2.73. The van der Waals surface area contributed by atoms with Crippen molar-refractivity contribution >= 4 is 57.9 Å². The molecule has 0 bridgehead atoms. The van der Waals surface area contributed by atoms with E-state index in [1.807, 2.05) is 30.3 Å². The molecule has 0 saturated heterocycles. The van der Waals surface area contributed by atoms with E-state index in [0.29, 0.717) is 28.2 Å². The van der Waals surface area contributed by atoms with Crippen LogP contribution >= 0.6 is 45.8 Å². The number of carbonyl (C=O) groups excluding carboxylic acids is 1. The highest BCUT2D eigenvalue weighted by atomic mass is 127. The van der Waals surface area contributed by atoms with Gasteiger partial charge in [0.2, 0.25) is 5.91 Å². The molecular weight excluding hydrogens is 550 g/mol. The van der Waals surface area contributed by atoms with E-state index in [1.165, 1.54) is 0 Å². The second-order valence-electron chi connectivity index (χ2n) is 6.51. The van der Waals surface area contributed by atoms with Gasteiger partial charge in [-0.15, -0.1) is 0 Å². The third kappa shape index (κ3) is 6.85. The molecule has 0 spiro atoms.